The van der Waals surface area contributed by atoms with Crippen LogP contribution in [0.2, 0.25) is 0 Å². The van der Waals surface area contributed by atoms with Crippen LogP contribution in [0.1, 0.15) is 22.0 Å². The van der Waals surface area contributed by atoms with Gasteiger partial charge < -0.3 is 9.73 Å². The van der Waals surface area contributed by atoms with Gasteiger partial charge in [0.05, 0.1) is 6.20 Å². The van der Waals surface area contributed by atoms with Gasteiger partial charge in [0, 0.05) is 18.9 Å². The molecule has 1 N–H and O–H groups in total. The largest absolute Gasteiger partial charge is 0.438 e. The average Bonchev–Trinajstić information content (AvgIpc) is 2.74. The first kappa shape index (κ1) is 10.4. The van der Waals surface area contributed by atoms with E-state index in [0.29, 0.717) is 12.3 Å². The Kier molecular flexibility index (Phi) is 2.95. The molecule has 5 nitrogen and oxygen atoms in total. The van der Waals surface area contributed by atoms with Crippen molar-refractivity contribution in [1.29, 1.82) is 0 Å². The molecule has 0 aliphatic rings. The Balaban J connectivity index is 1.94. The number of carbonyl (C=O) groups is 1. The number of carbonyl (C=O) groups excluding carboxylic acids is 1. The Labute approximate surface area is 92.5 Å². The SMILES string of the molecule is Cc1cnc(C(=O)NCc2cccnc2)o1. The van der Waals surface area contributed by atoms with E-state index in [-0.39, 0.29) is 11.8 Å². The molecule has 1 amide bonds. The van der Waals surface area contributed by atoms with Gasteiger partial charge in [-0.15, -0.1) is 0 Å². The third kappa shape index (κ3) is 2.44. The molecule has 2 aromatic heterocycles. The van der Waals surface area contributed by atoms with Gasteiger partial charge in [0.2, 0.25) is 0 Å². The lowest BCUT2D eigenvalue weighted by Gasteiger charge is -2.01. The number of oxazole rings is 1. The van der Waals surface area contributed by atoms with E-state index < -0.39 is 0 Å². The highest BCUT2D eigenvalue weighted by Gasteiger charge is 2.10. The molecule has 0 radical (unpaired) electrons. The van der Waals surface area contributed by atoms with Crippen LogP contribution in [0.15, 0.2) is 35.1 Å². The van der Waals surface area contributed by atoms with E-state index >= 15 is 0 Å². The van der Waals surface area contributed by atoms with Crippen molar-refractivity contribution >= 4 is 5.91 Å². The van der Waals surface area contributed by atoms with Crippen LogP contribution >= 0.6 is 0 Å². The smallest absolute Gasteiger partial charge is 0.307 e. The number of amides is 1. The van der Waals surface area contributed by atoms with E-state index in [2.05, 4.69) is 15.3 Å². The second-order valence-electron chi connectivity index (χ2n) is 3.32. The van der Waals surface area contributed by atoms with E-state index in [1.165, 1.54) is 6.20 Å². The number of hydrogen-bond acceptors (Lipinski definition) is 4. The molecule has 0 atom stereocenters. The zero-order chi connectivity index (χ0) is 11.4. The van der Waals surface area contributed by atoms with Gasteiger partial charge in [-0.3, -0.25) is 9.78 Å². The highest BCUT2D eigenvalue weighted by Crippen LogP contribution is 2.02. The molecular weight excluding hydrogens is 206 g/mol. The number of nitrogens with zero attached hydrogens (tertiary/aromatic N) is 2. The number of aromatic nitrogens is 2. The van der Waals surface area contributed by atoms with E-state index in [0.717, 1.165) is 5.56 Å². The lowest BCUT2D eigenvalue weighted by Crippen LogP contribution is -2.23. The minimum atomic E-state index is -0.322. The molecule has 0 aliphatic heterocycles. The summed E-state index contributed by atoms with van der Waals surface area (Å²) in [6.07, 6.45) is 4.89. The molecule has 0 aliphatic carbocycles. The number of rotatable bonds is 3. The third-order valence-electron chi connectivity index (χ3n) is 1.99. The molecule has 5 heteroatoms. The van der Waals surface area contributed by atoms with Crippen molar-refractivity contribution in [1.82, 2.24) is 15.3 Å². The molecule has 0 bridgehead atoms. The van der Waals surface area contributed by atoms with Gasteiger partial charge in [-0.25, -0.2) is 4.98 Å². The number of nitrogens with one attached hydrogen (secondary N) is 1. The first-order valence-electron chi connectivity index (χ1n) is 4.85. The Bertz CT molecular complexity index is 479. The molecular formula is C11H11N3O2. The van der Waals surface area contributed by atoms with Gasteiger partial charge in [0.15, 0.2) is 0 Å². The van der Waals surface area contributed by atoms with Crippen molar-refractivity contribution in [3.8, 4) is 0 Å². The van der Waals surface area contributed by atoms with Crippen LogP contribution < -0.4 is 5.32 Å². The van der Waals surface area contributed by atoms with Crippen molar-refractivity contribution in [3.05, 3.63) is 47.9 Å². The van der Waals surface area contributed by atoms with E-state index in [9.17, 15) is 4.79 Å². The highest BCUT2D eigenvalue weighted by atomic mass is 16.4. The number of aryl methyl sites for hydroxylation is 1. The Hall–Kier alpha value is -2.17. The summed E-state index contributed by atoms with van der Waals surface area (Å²) in [4.78, 5) is 19.3. The minimum Gasteiger partial charge on any atom is -0.438 e. The standard InChI is InChI=1S/C11H11N3O2/c1-8-5-14-11(16-8)10(15)13-7-9-3-2-4-12-6-9/h2-6H,7H2,1H3,(H,13,15). The summed E-state index contributed by atoms with van der Waals surface area (Å²) in [5, 5.41) is 2.69. The molecule has 0 unspecified atom stereocenters. The van der Waals surface area contributed by atoms with Crippen LogP contribution in [0, 0.1) is 6.92 Å². The first-order chi connectivity index (χ1) is 7.75. The van der Waals surface area contributed by atoms with Crippen molar-refractivity contribution < 1.29 is 9.21 Å². The van der Waals surface area contributed by atoms with Gasteiger partial charge in [-0.1, -0.05) is 6.07 Å². The number of hydrogen-bond donors (Lipinski definition) is 1. The fraction of sp³-hybridized carbons (Fsp3) is 0.182. The summed E-state index contributed by atoms with van der Waals surface area (Å²) in [5.41, 5.74) is 0.930. The van der Waals surface area contributed by atoms with Crippen molar-refractivity contribution in [2.45, 2.75) is 13.5 Å². The van der Waals surface area contributed by atoms with Crippen LogP contribution in [-0.4, -0.2) is 15.9 Å². The van der Waals surface area contributed by atoms with Crippen molar-refractivity contribution in [2.75, 3.05) is 0 Å². The lowest BCUT2D eigenvalue weighted by molar-refractivity contribution is 0.0915. The molecule has 16 heavy (non-hydrogen) atoms. The van der Waals surface area contributed by atoms with Crippen LogP contribution in [0.5, 0.6) is 0 Å². The van der Waals surface area contributed by atoms with Crippen molar-refractivity contribution in [2.24, 2.45) is 0 Å². The molecule has 0 saturated heterocycles. The average molecular weight is 217 g/mol. The van der Waals surface area contributed by atoms with Crippen LogP contribution in [0.3, 0.4) is 0 Å². The van der Waals surface area contributed by atoms with Crippen LogP contribution in [0.25, 0.3) is 0 Å². The topological polar surface area (TPSA) is 68.0 Å². The molecule has 0 saturated carbocycles. The quantitative estimate of drug-likeness (QED) is 0.841. The van der Waals surface area contributed by atoms with Gasteiger partial charge in [-0.05, 0) is 18.6 Å². The summed E-state index contributed by atoms with van der Waals surface area (Å²) in [7, 11) is 0. The molecule has 2 aromatic rings. The monoisotopic (exact) mass is 217 g/mol. The van der Waals surface area contributed by atoms with Crippen LogP contribution in [0.4, 0.5) is 0 Å². The highest BCUT2D eigenvalue weighted by molar-refractivity contribution is 5.89. The molecule has 0 fully saturated rings. The second kappa shape index (κ2) is 4.57. The summed E-state index contributed by atoms with van der Waals surface area (Å²) in [6, 6.07) is 3.70. The third-order valence-corrected chi connectivity index (χ3v) is 1.99. The minimum absolute atomic E-state index is 0.0846. The first-order valence-corrected chi connectivity index (χ1v) is 4.85. The molecule has 0 spiro atoms. The van der Waals surface area contributed by atoms with Gasteiger partial charge in [0.25, 0.3) is 5.89 Å². The molecule has 2 rings (SSSR count). The van der Waals surface area contributed by atoms with Crippen LogP contribution in [-0.2, 0) is 6.54 Å². The zero-order valence-corrected chi connectivity index (χ0v) is 8.80. The van der Waals surface area contributed by atoms with Gasteiger partial charge in [-0.2, -0.15) is 0 Å². The fourth-order valence-corrected chi connectivity index (χ4v) is 1.22. The number of pyridine rings is 1. The maximum atomic E-state index is 11.5. The predicted molar refractivity (Wildman–Crippen MR) is 56.6 cm³/mol. The summed E-state index contributed by atoms with van der Waals surface area (Å²) < 4.78 is 5.09. The van der Waals surface area contributed by atoms with Crippen molar-refractivity contribution in [3.63, 3.8) is 0 Å². The zero-order valence-electron chi connectivity index (χ0n) is 8.80. The maximum Gasteiger partial charge on any atom is 0.307 e. The summed E-state index contributed by atoms with van der Waals surface area (Å²) in [5.74, 6) is 0.380. The van der Waals surface area contributed by atoms with Gasteiger partial charge >= 0.3 is 5.91 Å². The Morgan fingerprint density at radius 2 is 2.38 bits per heavy atom. The molecule has 0 aromatic carbocycles. The Morgan fingerprint density at radius 3 is 3.00 bits per heavy atom. The predicted octanol–water partition coefficient (Wildman–Crippen LogP) is 1.31. The lowest BCUT2D eigenvalue weighted by atomic mass is 10.3. The van der Waals surface area contributed by atoms with E-state index in [4.69, 9.17) is 4.42 Å². The van der Waals surface area contributed by atoms with E-state index in [1.807, 2.05) is 12.1 Å². The molecule has 2 heterocycles. The molecule has 82 valence electrons. The van der Waals surface area contributed by atoms with E-state index in [1.54, 1.807) is 19.3 Å². The fourth-order valence-electron chi connectivity index (χ4n) is 1.22. The van der Waals surface area contributed by atoms with Gasteiger partial charge in [0.1, 0.15) is 5.76 Å². The normalized spacial score (nSPS) is 10.1. The second-order valence-corrected chi connectivity index (χ2v) is 3.32. The Morgan fingerprint density at radius 1 is 1.50 bits per heavy atom. The summed E-state index contributed by atoms with van der Waals surface area (Å²) in [6.45, 7) is 2.15. The maximum absolute atomic E-state index is 11.5. The summed E-state index contributed by atoms with van der Waals surface area (Å²) >= 11 is 0.